The van der Waals surface area contributed by atoms with Crippen molar-refractivity contribution >= 4 is 40.6 Å². The molecule has 3 rings (SSSR count). The predicted octanol–water partition coefficient (Wildman–Crippen LogP) is 6.19. The van der Waals surface area contributed by atoms with Gasteiger partial charge in [-0.25, -0.2) is 4.98 Å². The normalized spacial score (nSPS) is 11.2. The molecule has 1 heterocycles. The number of alkyl halides is 3. The maximum Gasteiger partial charge on any atom is 0.472 e. The smallest absolute Gasteiger partial charge is 0.472 e. The van der Waals surface area contributed by atoms with Crippen LogP contribution in [0.5, 0.6) is 5.75 Å². The highest BCUT2D eigenvalue weighted by atomic mass is 35.5. The third kappa shape index (κ3) is 5.19. The average molecular weight is 441 g/mol. The van der Waals surface area contributed by atoms with E-state index in [9.17, 15) is 18.0 Å². The van der Waals surface area contributed by atoms with E-state index >= 15 is 0 Å². The van der Waals surface area contributed by atoms with Crippen LogP contribution in [-0.4, -0.2) is 17.1 Å². The number of anilines is 2. The van der Waals surface area contributed by atoms with Crippen LogP contribution >= 0.6 is 23.2 Å². The summed E-state index contributed by atoms with van der Waals surface area (Å²) in [6.45, 7) is 0.00414. The Bertz CT molecular complexity index is 1010. The summed E-state index contributed by atoms with van der Waals surface area (Å²) in [5.41, 5.74) is 0.527. The van der Waals surface area contributed by atoms with Gasteiger partial charge in [-0.05, 0) is 42.0 Å². The molecule has 0 aliphatic rings. The number of nitrogens with zero attached hydrogens (tertiary/aromatic N) is 2. The highest BCUT2D eigenvalue weighted by molar-refractivity contribution is 6.34. The van der Waals surface area contributed by atoms with E-state index in [2.05, 4.69) is 4.98 Å². The number of halogens is 5. The Morgan fingerprint density at radius 2 is 1.83 bits per heavy atom. The van der Waals surface area contributed by atoms with Crippen LogP contribution in [0.25, 0.3) is 0 Å². The molecule has 0 aliphatic carbocycles. The van der Waals surface area contributed by atoms with Crippen LogP contribution in [0, 0.1) is 0 Å². The second-order valence-corrected chi connectivity index (χ2v) is 6.70. The van der Waals surface area contributed by atoms with Crippen molar-refractivity contribution in [3.05, 3.63) is 82.5 Å². The minimum atomic E-state index is -5.07. The molecule has 0 unspecified atom stereocenters. The Morgan fingerprint density at radius 1 is 1.03 bits per heavy atom. The van der Waals surface area contributed by atoms with Crippen LogP contribution in [0.3, 0.4) is 0 Å². The molecule has 3 aromatic rings. The van der Waals surface area contributed by atoms with Gasteiger partial charge in [0.2, 0.25) is 0 Å². The first kappa shape index (κ1) is 21.0. The third-order valence-electron chi connectivity index (χ3n) is 3.78. The van der Waals surface area contributed by atoms with Crippen molar-refractivity contribution in [2.75, 3.05) is 4.90 Å². The zero-order valence-corrected chi connectivity index (χ0v) is 16.2. The van der Waals surface area contributed by atoms with Crippen LogP contribution < -0.4 is 9.64 Å². The zero-order valence-electron chi connectivity index (χ0n) is 14.7. The number of benzene rings is 2. The fourth-order valence-corrected chi connectivity index (χ4v) is 2.83. The van der Waals surface area contributed by atoms with Gasteiger partial charge in [-0.2, -0.15) is 13.2 Å². The van der Waals surface area contributed by atoms with Gasteiger partial charge in [-0.3, -0.25) is 9.69 Å². The topological polar surface area (TPSA) is 42.4 Å². The summed E-state index contributed by atoms with van der Waals surface area (Å²) in [4.78, 5) is 16.4. The van der Waals surface area contributed by atoms with Crippen molar-refractivity contribution in [3.63, 3.8) is 0 Å². The molecule has 0 saturated heterocycles. The molecule has 0 radical (unpaired) electrons. The largest absolute Gasteiger partial charge is 0.487 e. The highest BCUT2D eigenvalue weighted by Crippen LogP contribution is 2.32. The summed E-state index contributed by atoms with van der Waals surface area (Å²) >= 11 is 12.0. The van der Waals surface area contributed by atoms with E-state index in [1.165, 1.54) is 42.6 Å². The molecular weight excluding hydrogens is 428 g/mol. The summed E-state index contributed by atoms with van der Waals surface area (Å²) in [7, 11) is 0. The van der Waals surface area contributed by atoms with Crippen molar-refractivity contribution in [1.29, 1.82) is 0 Å². The lowest BCUT2D eigenvalue weighted by atomic mass is 10.2. The van der Waals surface area contributed by atoms with Crippen molar-refractivity contribution in [3.8, 4) is 5.75 Å². The first-order valence-corrected chi connectivity index (χ1v) is 9.00. The lowest BCUT2D eigenvalue weighted by Gasteiger charge is -2.23. The molecule has 0 N–H and O–H groups in total. The Labute approximate surface area is 174 Å². The van der Waals surface area contributed by atoms with Crippen LogP contribution in [0.15, 0.2) is 66.9 Å². The lowest BCUT2D eigenvalue weighted by Crippen LogP contribution is -2.38. The molecule has 0 fully saturated rings. The SMILES string of the molecule is O=C(N(c1cccc(COc2cc(Cl)ccc2Cl)c1)c1ccccn1)C(F)(F)F. The van der Waals surface area contributed by atoms with Gasteiger partial charge in [0.25, 0.3) is 0 Å². The molecule has 0 spiro atoms. The summed E-state index contributed by atoms with van der Waals surface area (Å²) in [5, 5.41) is 0.767. The zero-order chi connectivity index (χ0) is 21.0. The molecular formula is C20H13Cl2F3N2O2. The van der Waals surface area contributed by atoms with Gasteiger partial charge in [0, 0.05) is 17.3 Å². The first-order valence-electron chi connectivity index (χ1n) is 8.25. The van der Waals surface area contributed by atoms with Gasteiger partial charge in [0.1, 0.15) is 18.2 Å². The monoisotopic (exact) mass is 440 g/mol. The maximum absolute atomic E-state index is 13.2. The Hall–Kier alpha value is -2.77. The molecule has 1 aromatic heterocycles. The molecule has 1 amide bonds. The molecule has 0 aliphatic heterocycles. The number of carbonyl (C=O) groups excluding carboxylic acids is 1. The Kier molecular flexibility index (Phi) is 6.30. The molecule has 4 nitrogen and oxygen atoms in total. The minimum Gasteiger partial charge on any atom is -0.487 e. The summed E-state index contributed by atoms with van der Waals surface area (Å²) < 4.78 is 45.1. The van der Waals surface area contributed by atoms with E-state index < -0.39 is 12.1 Å². The fourth-order valence-electron chi connectivity index (χ4n) is 2.50. The van der Waals surface area contributed by atoms with Crippen LogP contribution in [0.4, 0.5) is 24.7 Å². The van der Waals surface area contributed by atoms with Crippen LogP contribution in [0.1, 0.15) is 5.56 Å². The van der Waals surface area contributed by atoms with Crippen molar-refractivity contribution in [2.24, 2.45) is 0 Å². The quantitative estimate of drug-likeness (QED) is 0.474. The number of hydrogen-bond acceptors (Lipinski definition) is 3. The number of ether oxygens (including phenoxy) is 1. The summed E-state index contributed by atoms with van der Waals surface area (Å²) in [6.07, 6.45) is -3.77. The molecule has 150 valence electrons. The van der Waals surface area contributed by atoms with E-state index in [1.807, 2.05) is 0 Å². The number of aromatic nitrogens is 1. The van der Waals surface area contributed by atoms with Crippen molar-refractivity contribution in [1.82, 2.24) is 4.98 Å². The summed E-state index contributed by atoms with van der Waals surface area (Å²) in [6, 6.07) is 15.0. The van der Waals surface area contributed by atoms with E-state index in [4.69, 9.17) is 27.9 Å². The van der Waals surface area contributed by atoms with Gasteiger partial charge >= 0.3 is 12.1 Å². The van der Waals surface area contributed by atoms with Crippen molar-refractivity contribution < 1.29 is 22.7 Å². The standard InChI is InChI=1S/C20H13Cl2F3N2O2/c21-14-7-8-16(22)17(11-14)29-12-13-4-3-5-15(10-13)27(19(28)20(23,24)25)18-6-1-2-9-26-18/h1-11H,12H2. The second kappa shape index (κ2) is 8.71. The third-order valence-corrected chi connectivity index (χ3v) is 4.33. The van der Waals surface area contributed by atoms with Gasteiger partial charge in [0.05, 0.1) is 10.7 Å². The van der Waals surface area contributed by atoms with Crippen LogP contribution in [0.2, 0.25) is 10.0 Å². The first-order chi connectivity index (χ1) is 13.8. The Balaban J connectivity index is 1.90. The maximum atomic E-state index is 13.2. The Morgan fingerprint density at radius 3 is 2.52 bits per heavy atom. The van der Waals surface area contributed by atoms with E-state index in [1.54, 1.807) is 24.3 Å². The number of rotatable bonds is 5. The van der Waals surface area contributed by atoms with Crippen LogP contribution in [-0.2, 0) is 11.4 Å². The van der Waals surface area contributed by atoms with Gasteiger partial charge < -0.3 is 4.74 Å². The molecule has 29 heavy (non-hydrogen) atoms. The number of hydrogen-bond donors (Lipinski definition) is 0. The van der Waals surface area contributed by atoms with E-state index in [0.29, 0.717) is 26.3 Å². The molecule has 0 atom stereocenters. The van der Waals surface area contributed by atoms with Gasteiger partial charge in [-0.15, -0.1) is 0 Å². The average Bonchev–Trinajstić information content (AvgIpc) is 2.69. The molecule has 9 heteroatoms. The van der Waals surface area contributed by atoms with Crippen molar-refractivity contribution in [2.45, 2.75) is 12.8 Å². The molecule has 2 aromatic carbocycles. The van der Waals surface area contributed by atoms with Gasteiger partial charge in [-0.1, -0.05) is 41.4 Å². The fraction of sp³-hybridized carbons (Fsp3) is 0.100. The molecule has 0 bridgehead atoms. The van der Waals surface area contributed by atoms with E-state index in [0.717, 1.165) is 0 Å². The van der Waals surface area contributed by atoms with Gasteiger partial charge in [0.15, 0.2) is 0 Å². The second-order valence-electron chi connectivity index (χ2n) is 5.86. The number of pyridine rings is 1. The summed E-state index contributed by atoms with van der Waals surface area (Å²) in [5.74, 6) is -1.87. The number of amides is 1. The highest BCUT2D eigenvalue weighted by Gasteiger charge is 2.44. The minimum absolute atomic E-state index is 0.00400. The lowest BCUT2D eigenvalue weighted by molar-refractivity contribution is -0.169. The van der Waals surface area contributed by atoms with E-state index in [-0.39, 0.29) is 18.1 Å². The number of carbonyl (C=O) groups is 1. The predicted molar refractivity (Wildman–Crippen MR) is 105 cm³/mol. The molecule has 0 saturated carbocycles.